The van der Waals surface area contributed by atoms with Gasteiger partial charge in [0.15, 0.2) is 0 Å². The van der Waals surface area contributed by atoms with Gasteiger partial charge in [-0.05, 0) is 48.5 Å². The fourth-order valence-electron chi connectivity index (χ4n) is 2.40. The van der Waals surface area contributed by atoms with E-state index < -0.39 is 15.7 Å². The van der Waals surface area contributed by atoms with Crippen molar-refractivity contribution in [2.45, 2.75) is 9.79 Å². The number of phenols is 1. The van der Waals surface area contributed by atoms with Crippen LogP contribution in [0.3, 0.4) is 0 Å². The number of sulfone groups is 1. The van der Waals surface area contributed by atoms with Gasteiger partial charge in [0.1, 0.15) is 5.75 Å². The smallest absolute Gasteiger partial charge is 0.259 e. The summed E-state index contributed by atoms with van der Waals surface area (Å²) < 4.78 is 26.3. The van der Waals surface area contributed by atoms with Crippen LogP contribution in [0.1, 0.15) is 10.4 Å². The molecule has 3 rings (SSSR count). The molecule has 3 aromatic carbocycles. The van der Waals surface area contributed by atoms with Gasteiger partial charge in [-0.1, -0.05) is 45.7 Å². The summed E-state index contributed by atoms with van der Waals surface area (Å²) in [5.41, 5.74) is 0.282. The van der Waals surface area contributed by atoms with Gasteiger partial charge in [0, 0.05) is 10.2 Å². The Morgan fingerprint density at radius 2 is 1.70 bits per heavy atom. The van der Waals surface area contributed by atoms with Crippen LogP contribution in [-0.2, 0) is 9.84 Å². The molecular formula is C19H13BrClNO4S. The van der Waals surface area contributed by atoms with Crippen molar-refractivity contribution < 1.29 is 18.3 Å². The second kappa shape index (κ2) is 7.72. The van der Waals surface area contributed by atoms with Gasteiger partial charge in [0.05, 0.1) is 20.4 Å². The number of carbonyl (C=O) groups excluding carboxylic acids is 1. The molecule has 0 aliphatic rings. The van der Waals surface area contributed by atoms with Crippen LogP contribution in [-0.4, -0.2) is 19.4 Å². The highest BCUT2D eigenvalue weighted by Gasteiger charge is 2.22. The Morgan fingerprint density at radius 1 is 1.00 bits per heavy atom. The molecule has 138 valence electrons. The van der Waals surface area contributed by atoms with E-state index in [0.717, 1.165) is 0 Å². The van der Waals surface area contributed by atoms with Gasteiger partial charge in [-0.3, -0.25) is 4.79 Å². The highest BCUT2D eigenvalue weighted by atomic mass is 79.9. The summed E-state index contributed by atoms with van der Waals surface area (Å²) in [6, 6.07) is 16.5. The maximum absolute atomic E-state index is 12.8. The quantitative estimate of drug-likeness (QED) is 0.573. The van der Waals surface area contributed by atoms with Crippen molar-refractivity contribution in [1.29, 1.82) is 0 Å². The van der Waals surface area contributed by atoms with Crippen molar-refractivity contribution in [2.24, 2.45) is 0 Å². The van der Waals surface area contributed by atoms with Crippen LogP contribution in [0.5, 0.6) is 5.75 Å². The standard InChI is InChI=1S/C19H13BrClNO4S/c20-12-6-9-17(23)15(10-12)19(24)22-13-7-8-16(21)18(11-13)27(25,26)14-4-2-1-3-5-14/h1-11,23H,(H,22,24). The van der Waals surface area contributed by atoms with Crippen molar-refractivity contribution in [3.8, 4) is 5.75 Å². The lowest BCUT2D eigenvalue weighted by Crippen LogP contribution is -2.13. The molecule has 0 saturated heterocycles. The van der Waals surface area contributed by atoms with Crippen LogP contribution < -0.4 is 5.32 Å². The van der Waals surface area contributed by atoms with Crippen LogP contribution in [0.4, 0.5) is 5.69 Å². The predicted molar refractivity (Wildman–Crippen MR) is 107 cm³/mol. The molecule has 0 heterocycles. The molecule has 0 spiro atoms. The third-order valence-electron chi connectivity index (χ3n) is 3.74. The topological polar surface area (TPSA) is 83.5 Å². The lowest BCUT2D eigenvalue weighted by Gasteiger charge is -2.11. The van der Waals surface area contributed by atoms with Crippen LogP contribution in [0.2, 0.25) is 5.02 Å². The van der Waals surface area contributed by atoms with Gasteiger partial charge in [-0.25, -0.2) is 8.42 Å². The van der Waals surface area contributed by atoms with E-state index in [1.165, 1.54) is 42.5 Å². The van der Waals surface area contributed by atoms with Crippen molar-refractivity contribution in [3.63, 3.8) is 0 Å². The van der Waals surface area contributed by atoms with Gasteiger partial charge in [-0.15, -0.1) is 0 Å². The molecule has 0 fully saturated rings. The number of halogens is 2. The monoisotopic (exact) mass is 465 g/mol. The average Bonchev–Trinajstić information content (AvgIpc) is 2.65. The first-order valence-corrected chi connectivity index (χ1v) is 10.3. The molecule has 2 N–H and O–H groups in total. The Hall–Kier alpha value is -2.35. The highest BCUT2D eigenvalue weighted by Crippen LogP contribution is 2.31. The summed E-state index contributed by atoms with van der Waals surface area (Å²) in [4.78, 5) is 12.4. The van der Waals surface area contributed by atoms with Gasteiger partial charge in [0.25, 0.3) is 5.91 Å². The van der Waals surface area contributed by atoms with Crippen molar-refractivity contribution in [2.75, 3.05) is 5.32 Å². The van der Waals surface area contributed by atoms with E-state index in [2.05, 4.69) is 21.2 Å². The summed E-state index contributed by atoms with van der Waals surface area (Å²) in [5, 5.41) is 12.5. The van der Waals surface area contributed by atoms with Crippen LogP contribution in [0, 0.1) is 0 Å². The number of hydrogen-bond acceptors (Lipinski definition) is 4. The summed E-state index contributed by atoms with van der Waals surface area (Å²) in [6.45, 7) is 0. The second-order valence-corrected chi connectivity index (χ2v) is 8.82. The molecule has 0 aliphatic heterocycles. The predicted octanol–water partition coefficient (Wildman–Crippen LogP) is 4.89. The lowest BCUT2D eigenvalue weighted by molar-refractivity contribution is 0.102. The second-order valence-electron chi connectivity index (χ2n) is 5.58. The molecule has 0 atom stereocenters. The molecule has 5 nitrogen and oxygen atoms in total. The first-order valence-electron chi connectivity index (χ1n) is 7.68. The molecule has 1 amide bonds. The number of rotatable bonds is 4. The maximum Gasteiger partial charge on any atom is 0.259 e. The van der Waals surface area contributed by atoms with Crippen LogP contribution in [0.15, 0.2) is 81.0 Å². The Balaban J connectivity index is 1.97. The minimum atomic E-state index is -3.85. The largest absolute Gasteiger partial charge is 0.507 e. The number of phenolic OH excluding ortho intramolecular Hbond substituents is 1. The fraction of sp³-hybridized carbons (Fsp3) is 0. The van der Waals surface area contributed by atoms with Crippen molar-refractivity contribution >= 4 is 49.0 Å². The molecule has 0 radical (unpaired) electrons. The molecule has 0 aliphatic carbocycles. The third kappa shape index (κ3) is 4.16. The Bertz CT molecular complexity index is 1120. The van der Waals surface area contributed by atoms with E-state index in [0.29, 0.717) is 4.47 Å². The van der Waals surface area contributed by atoms with Crippen molar-refractivity contribution in [1.82, 2.24) is 0 Å². The summed E-state index contributed by atoms with van der Waals surface area (Å²) in [5.74, 6) is -0.777. The lowest BCUT2D eigenvalue weighted by atomic mass is 10.2. The van der Waals surface area contributed by atoms with Gasteiger partial charge < -0.3 is 10.4 Å². The number of anilines is 1. The van der Waals surface area contributed by atoms with E-state index >= 15 is 0 Å². The van der Waals surface area contributed by atoms with Gasteiger partial charge in [0.2, 0.25) is 9.84 Å². The average molecular weight is 467 g/mol. The Labute approximate surface area is 169 Å². The first-order chi connectivity index (χ1) is 12.8. The minimum Gasteiger partial charge on any atom is -0.507 e. The Morgan fingerprint density at radius 3 is 2.41 bits per heavy atom. The number of hydrogen-bond donors (Lipinski definition) is 2. The van der Waals surface area contributed by atoms with E-state index in [9.17, 15) is 18.3 Å². The van der Waals surface area contributed by atoms with Gasteiger partial charge in [-0.2, -0.15) is 0 Å². The molecule has 3 aromatic rings. The van der Waals surface area contributed by atoms with Crippen molar-refractivity contribution in [3.05, 3.63) is 81.8 Å². The molecule has 8 heteroatoms. The Kier molecular flexibility index (Phi) is 5.55. The normalized spacial score (nSPS) is 11.2. The maximum atomic E-state index is 12.8. The van der Waals surface area contributed by atoms with E-state index in [1.807, 2.05) is 0 Å². The van der Waals surface area contributed by atoms with E-state index in [1.54, 1.807) is 24.3 Å². The molecule has 0 aromatic heterocycles. The number of carbonyl (C=O) groups is 1. The van der Waals surface area contributed by atoms with E-state index in [-0.39, 0.29) is 31.8 Å². The number of benzene rings is 3. The van der Waals surface area contributed by atoms with Crippen LogP contribution in [0.25, 0.3) is 0 Å². The summed E-state index contributed by atoms with van der Waals surface area (Å²) in [6.07, 6.45) is 0. The summed E-state index contributed by atoms with van der Waals surface area (Å²) in [7, 11) is -3.85. The zero-order chi connectivity index (χ0) is 19.6. The highest BCUT2D eigenvalue weighted by molar-refractivity contribution is 9.10. The molecular weight excluding hydrogens is 454 g/mol. The summed E-state index contributed by atoms with van der Waals surface area (Å²) >= 11 is 9.33. The molecule has 27 heavy (non-hydrogen) atoms. The molecule has 0 bridgehead atoms. The van der Waals surface area contributed by atoms with E-state index in [4.69, 9.17) is 11.6 Å². The molecule has 0 saturated carbocycles. The van der Waals surface area contributed by atoms with Gasteiger partial charge >= 0.3 is 0 Å². The molecule has 0 unspecified atom stereocenters. The SMILES string of the molecule is O=C(Nc1ccc(Cl)c(S(=O)(=O)c2ccccc2)c1)c1cc(Br)ccc1O. The first kappa shape index (κ1) is 19.4. The number of amides is 1. The zero-order valence-corrected chi connectivity index (χ0v) is 16.8. The third-order valence-corrected chi connectivity index (χ3v) is 6.48. The number of aromatic hydroxyl groups is 1. The minimum absolute atomic E-state index is 0.0437. The van der Waals surface area contributed by atoms with Crippen LogP contribution >= 0.6 is 27.5 Å². The number of nitrogens with one attached hydrogen (secondary N) is 1. The fourth-order valence-corrected chi connectivity index (χ4v) is 4.56. The zero-order valence-electron chi connectivity index (χ0n) is 13.7.